The number of aromatic nitrogens is 2. The molecule has 0 N–H and O–H groups in total. The van der Waals surface area contributed by atoms with Crippen LogP contribution in [0.1, 0.15) is 5.56 Å². The van der Waals surface area contributed by atoms with Gasteiger partial charge in [0.2, 0.25) is 6.08 Å². The first-order valence-electron chi connectivity index (χ1n) is 4.89. The maximum Gasteiger partial charge on any atom is 0.240 e. The van der Waals surface area contributed by atoms with E-state index in [0.717, 1.165) is 11.3 Å². The second-order valence-electron chi connectivity index (χ2n) is 3.57. The molecule has 0 radical (unpaired) electrons. The molecule has 1 heterocycles. The van der Waals surface area contributed by atoms with Crippen molar-refractivity contribution in [1.29, 1.82) is 0 Å². The lowest BCUT2D eigenvalue weighted by molar-refractivity contribution is 0.565. The molecule has 0 spiro atoms. The summed E-state index contributed by atoms with van der Waals surface area (Å²) in [6.45, 7) is 2.03. The third-order valence-electron chi connectivity index (χ3n) is 2.41. The Bertz CT molecular complexity index is 548. The summed E-state index contributed by atoms with van der Waals surface area (Å²) in [7, 11) is 1.82. The largest absolute Gasteiger partial charge is 0.266 e. The number of nitrogens with zero attached hydrogens (tertiary/aromatic N) is 3. The van der Waals surface area contributed by atoms with Crippen molar-refractivity contribution in [3.63, 3.8) is 0 Å². The van der Waals surface area contributed by atoms with Crippen LogP contribution >= 0.6 is 0 Å². The predicted octanol–water partition coefficient (Wildman–Crippen LogP) is 2.36. The van der Waals surface area contributed by atoms with Gasteiger partial charge in [-0.05, 0) is 6.92 Å². The maximum atomic E-state index is 10.3. The molecule has 0 aliphatic heterocycles. The Morgan fingerprint density at radius 2 is 2.00 bits per heavy atom. The molecule has 2 aromatic rings. The zero-order valence-corrected chi connectivity index (χ0v) is 9.14. The van der Waals surface area contributed by atoms with Crippen LogP contribution in [0.2, 0.25) is 0 Å². The van der Waals surface area contributed by atoms with Crippen LogP contribution in [0, 0.1) is 6.92 Å². The molecule has 0 amide bonds. The summed E-state index contributed by atoms with van der Waals surface area (Å²) in [5.74, 6) is 0. The fourth-order valence-electron chi connectivity index (χ4n) is 1.60. The molecule has 0 unspecified atom stereocenters. The monoisotopic (exact) mass is 213 g/mol. The van der Waals surface area contributed by atoms with E-state index >= 15 is 0 Å². The van der Waals surface area contributed by atoms with Gasteiger partial charge < -0.3 is 0 Å². The Morgan fingerprint density at radius 1 is 1.31 bits per heavy atom. The number of isocyanates is 1. The third-order valence-corrected chi connectivity index (χ3v) is 2.41. The minimum Gasteiger partial charge on any atom is -0.266 e. The molecular formula is C12H11N3O. The minimum absolute atomic E-state index is 0.543. The summed E-state index contributed by atoms with van der Waals surface area (Å²) in [5, 5.41) is 4.08. The summed E-state index contributed by atoms with van der Waals surface area (Å²) in [5.41, 5.74) is 3.54. The Hall–Kier alpha value is -2.19. The average molecular weight is 213 g/mol. The van der Waals surface area contributed by atoms with Crippen LogP contribution in [0.15, 0.2) is 35.5 Å². The lowest BCUT2D eigenvalue weighted by atomic mass is 10.1. The van der Waals surface area contributed by atoms with Gasteiger partial charge >= 0.3 is 0 Å². The van der Waals surface area contributed by atoms with E-state index in [1.807, 2.05) is 38.2 Å². The SMILES string of the molecule is Cc1ccc(-c2c(N=C=O)cnn2C)cc1. The number of hydrogen-bond acceptors (Lipinski definition) is 3. The summed E-state index contributed by atoms with van der Waals surface area (Å²) in [6, 6.07) is 7.99. The second kappa shape index (κ2) is 4.13. The van der Waals surface area contributed by atoms with Gasteiger partial charge in [0, 0.05) is 12.6 Å². The average Bonchev–Trinajstić information content (AvgIpc) is 2.62. The minimum atomic E-state index is 0.543. The molecule has 4 heteroatoms. The lowest BCUT2D eigenvalue weighted by Crippen LogP contribution is -1.93. The van der Waals surface area contributed by atoms with E-state index in [2.05, 4.69) is 10.1 Å². The van der Waals surface area contributed by atoms with Gasteiger partial charge in [0.15, 0.2) is 0 Å². The van der Waals surface area contributed by atoms with Crippen molar-refractivity contribution in [1.82, 2.24) is 9.78 Å². The van der Waals surface area contributed by atoms with Crippen LogP contribution in [0.25, 0.3) is 11.3 Å². The lowest BCUT2D eigenvalue weighted by Gasteiger charge is -2.03. The van der Waals surface area contributed by atoms with Gasteiger partial charge in [-0.3, -0.25) is 4.68 Å². The first kappa shape index (κ1) is 10.3. The summed E-state index contributed by atoms with van der Waals surface area (Å²) in [6.07, 6.45) is 3.10. The number of hydrogen-bond donors (Lipinski definition) is 0. The smallest absolute Gasteiger partial charge is 0.240 e. The molecular weight excluding hydrogens is 202 g/mol. The van der Waals surface area contributed by atoms with Crippen LogP contribution in [-0.4, -0.2) is 15.9 Å². The molecule has 0 saturated heterocycles. The highest BCUT2D eigenvalue weighted by Gasteiger charge is 2.09. The van der Waals surface area contributed by atoms with Gasteiger partial charge in [-0.15, -0.1) is 0 Å². The number of aliphatic imine (C=N–C) groups is 1. The first-order valence-corrected chi connectivity index (χ1v) is 4.89. The molecule has 16 heavy (non-hydrogen) atoms. The van der Waals surface area contributed by atoms with Crippen LogP contribution in [-0.2, 0) is 11.8 Å². The van der Waals surface area contributed by atoms with Crippen molar-refractivity contribution in [2.45, 2.75) is 6.92 Å². The van der Waals surface area contributed by atoms with E-state index in [1.54, 1.807) is 17.0 Å². The van der Waals surface area contributed by atoms with Crippen LogP contribution in [0.4, 0.5) is 5.69 Å². The molecule has 0 saturated carbocycles. The first-order chi connectivity index (χ1) is 7.72. The van der Waals surface area contributed by atoms with Gasteiger partial charge in [-0.25, -0.2) is 4.79 Å². The highest BCUT2D eigenvalue weighted by molar-refractivity contribution is 5.73. The van der Waals surface area contributed by atoms with Gasteiger partial charge in [0.25, 0.3) is 0 Å². The van der Waals surface area contributed by atoms with E-state index in [-0.39, 0.29) is 0 Å². The van der Waals surface area contributed by atoms with E-state index in [4.69, 9.17) is 0 Å². The zero-order valence-electron chi connectivity index (χ0n) is 9.14. The molecule has 1 aromatic carbocycles. The van der Waals surface area contributed by atoms with Gasteiger partial charge in [-0.2, -0.15) is 10.1 Å². The van der Waals surface area contributed by atoms with Gasteiger partial charge in [0.1, 0.15) is 5.69 Å². The standard InChI is InChI=1S/C12H11N3O/c1-9-3-5-10(6-4-9)12-11(13-8-16)7-14-15(12)2/h3-7H,1-2H3. The van der Waals surface area contributed by atoms with Crippen LogP contribution < -0.4 is 0 Å². The van der Waals surface area contributed by atoms with Crippen molar-refractivity contribution in [3.8, 4) is 11.3 Å². The zero-order chi connectivity index (χ0) is 11.5. The molecule has 2 rings (SSSR count). The van der Waals surface area contributed by atoms with Crippen LogP contribution in [0.3, 0.4) is 0 Å². The number of aryl methyl sites for hydroxylation is 2. The van der Waals surface area contributed by atoms with Crippen LogP contribution in [0.5, 0.6) is 0 Å². The van der Waals surface area contributed by atoms with Gasteiger partial charge in [-0.1, -0.05) is 29.8 Å². The molecule has 1 aromatic heterocycles. The number of benzene rings is 1. The van der Waals surface area contributed by atoms with E-state index in [9.17, 15) is 4.79 Å². The summed E-state index contributed by atoms with van der Waals surface area (Å²) < 4.78 is 1.70. The van der Waals surface area contributed by atoms with E-state index in [0.29, 0.717) is 5.69 Å². The molecule has 4 nitrogen and oxygen atoms in total. The molecule has 0 aliphatic carbocycles. The normalized spacial score (nSPS) is 9.88. The summed E-state index contributed by atoms with van der Waals surface area (Å²) >= 11 is 0. The maximum absolute atomic E-state index is 10.3. The van der Waals surface area contributed by atoms with Crippen molar-refractivity contribution in [2.24, 2.45) is 12.0 Å². The number of rotatable bonds is 2. The Morgan fingerprint density at radius 3 is 2.62 bits per heavy atom. The second-order valence-corrected chi connectivity index (χ2v) is 3.57. The number of carbonyl (C=O) groups excluding carboxylic acids is 1. The van der Waals surface area contributed by atoms with Crippen molar-refractivity contribution >= 4 is 11.8 Å². The Kier molecular flexibility index (Phi) is 2.66. The highest BCUT2D eigenvalue weighted by Crippen LogP contribution is 2.29. The Balaban J connectivity index is 2.58. The molecule has 0 bridgehead atoms. The Labute approximate surface area is 93.2 Å². The van der Waals surface area contributed by atoms with Crippen molar-refractivity contribution < 1.29 is 4.79 Å². The quantitative estimate of drug-likeness (QED) is 0.568. The topological polar surface area (TPSA) is 47.2 Å². The molecule has 0 fully saturated rings. The van der Waals surface area contributed by atoms with Crippen molar-refractivity contribution in [3.05, 3.63) is 36.0 Å². The molecule has 0 aliphatic rings. The van der Waals surface area contributed by atoms with E-state index in [1.165, 1.54) is 5.56 Å². The molecule has 80 valence electrons. The third kappa shape index (κ3) is 1.78. The van der Waals surface area contributed by atoms with Crippen molar-refractivity contribution in [2.75, 3.05) is 0 Å². The molecule has 0 atom stereocenters. The fourth-order valence-corrected chi connectivity index (χ4v) is 1.60. The summed E-state index contributed by atoms with van der Waals surface area (Å²) in [4.78, 5) is 13.9. The fraction of sp³-hybridized carbons (Fsp3) is 0.167. The predicted molar refractivity (Wildman–Crippen MR) is 61.2 cm³/mol. The van der Waals surface area contributed by atoms with Gasteiger partial charge in [0.05, 0.1) is 11.9 Å². The van der Waals surface area contributed by atoms with E-state index < -0.39 is 0 Å². The highest BCUT2D eigenvalue weighted by atomic mass is 16.1.